The maximum absolute atomic E-state index is 12.4. The second kappa shape index (κ2) is 8.29. The van der Waals surface area contributed by atoms with Gasteiger partial charge in [-0.1, -0.05) is 22.9 Å². The lowest BCUT2D eigenvalue weighted by Crippen LogP contribution is -3.15. The number of halogens is 1. The van der Waals surface area contributed by atoms with Crippen molar-refractivity contribution in [2.24, 2.45) is 0 Å². The Labute approximate surface area is 139 Å². The number of nitrogens with one attached hydrogen (secondary N) is 2. The van der Waals surface area contributed by atoms with Gasteiger partial charge in [0.25, 0.3) is 11.8 Å². The first-order valence-corrected chi connectivity index (χ1v) is 8.54. The molecular formula is C16H23BrN3O2+. The zero-order valence-electron chi connectivity index (χ0n) is 12.9. The van der Waals surface area contributed by atoms with Crippen LogP contribution in [-0.4, -0.2) is 56.0 Å². The lowest BCUT2D eigenvalue weighted by atomic mass is 10.2. The standard InChI is InChI=1S/C16H22BrN3O2/c1-2-7-18-15(21)12-19-8-10-20(11-9-19)16(22)13-3-5-14(17)6-4-13/h3-6H,2,7-12H2,1H3,(H,18,21)/p+1. The predicted octanol–water partition coefficient (Wildman–Crippen LogP) is 0.316. The van der Waals surface area contributed by atoms with Crippen LogP contribution in [0.5, 0.6) is 0 Å². The Morgan fingerprint density at radius 1 is 1.23 bits per heavy atom. The molecule has 1 aliphatic rings. The quantitative estimate of drug-likeness (QED) is 0.786. The number of hydrogen-bond acceptors (Lipinski definition) is 2. The molecule has 0 spiro atoms. The van der Waals surface area contributed by atoms with E-state index in [1.807, 2.05) is 36.1 Å². The molecule has 120 valence electrons. The molecule has 0 aliphatic carbocycles. The van der Waals surface area contributed by atoms with Crippen LogP contribution in [0, 0.1) is 0 Å². The summed E-state index contributed by atoms with van der Waals surface area (Å²) in [6.45, 7) is 6.32. The Hall–Kier alpha value is -1.40. The molecule has 1 heterocycles. The van der Waals surface area contributed by atoms with E-state index in [1.54, 1.807) is 0 Å². The number of benzene rings is 1. The minimum atomic E-state index is 0.0713. The fourth-order valence-electron chi connectivity index (χ4n) is 2.53. The molecule has 0 unspecified atom stereocenters. The summed E-state index contributed by atoms with van der Waals surface area (Å²) in [7, 11) is 0. The average Bonchev–Trinajstić information content (AvgIpc) is 2.54. The summed E-state index contributed by atoms with van der Waals surface area (Å²) in [5.41, 5.74) is 0.715. The predicted molar refractivity (Wildman–Crippen MR) is 88.9 cm³/mol. The van der Waals surface area contributed by atoms with Gasteiger partial charge in [-0.05, 0) is 30.7 Å². The third-order valence-corrected chi connectivity index (χ3v) is 4.36. The average molecular weight is 369 g/mol. The van der Waals surface area contributed by atoms with E-state index in [-0.39, 0.29) is 11.8 Å². The zero-order chi connectivity index (χ0) is 15.9. The Morgan fingerprint density at radius 2 is 1.86 bits per heavy atom. The highest BCUT2D eigenvalue weighted by Gasteiger charge is 2.25. The summed E-state index contributed by atoms with van der Waals surface area (Å²) in [5.74, 6) is 0.173. The summed E-state index contributed by atoms with van der Waals surface area (Å²) < 4.78 is 0.969. The number of quaternary nitrogens is 1. The minimum Gasteiger partial charge on any atom is -0.351 e. The van der Waals surface area contributed by atoms with E-state index in [0.29, 0.717) is 25.2 Å². The highest BCUT2D eigenvalue weighted by atomic mass is 79.9. The van der Waals surface area contributed by atoms with Crippen molar-refractivity contribution in [3.05, 3.63) is 34.3 Å². The number of nitrogens with zero attached hydrogens (tertiary/aromatic N) is 1. The molecule has 0 atom stereocenters. The van der Waals surface area contributed by atoms with Crippen LogP contribution in [0.4, 0.5) is 0 Å². The normalized spacial score (nSPS) is 15.6. The Kier molecular flexibility index (Phi) is 6.39. The van der Waals surface area contributed by atoms with Gasteiger partial charge in [0.2, 0.25) is 0 Å². The van der Waals surface area contributed by atoms with Crippen LogP contribution in [0.25, 0.3) is 0 Å². The smallest absolute Gasteiger partial charge is 0.275 e. The first-order valence-electron chi connectivity index (χ1n) is 7.75. The molecule has 0 bridgehead atoms. The Morgan fingerprint density at radius 3 is 2.45 bits per heavy atom. The number of amides is 2. The molecule has 0 saturated carbocycles. The van der Waals surface area contributed by atoms with Gasteiger partial charge in [-0.15, -0.1) is 0 Å². The summed E-state index contributed by atoms with van der Waals surface area (Å²) in [6.07, 6.45) is 0.955. The first-order chi connectivity index (χ1) is 10.6. The molecule has 6 heteroatoms. The maximum Gasteiger partial charge on any atom is 0.275 e. The van der Waals surface area contributed by atoms with Crippen molar-refractivity contribution in [1.82, 2.24) is 10.2 Å². The monoisotopic (exact) mass is 368 g/mol. The van der Waals surface area contributed by atoms with Crippen molar-refractivity contribution in [2.75, 3.05) is 39.3 Å². The van der Waals surface area contributed by atoms with Gasteiger partial charge in [0.05, 0.1) is 26.2 Å². The van der Waals surface area contributed by atoms with Gasteiger partial charge in [-0.25, -0.2) is 0 Å². The lowest BCUT2D eigenvalue weighted by Gasteiger charge is -2.32. The fraction of sp³-hybridized carbons (Fsp3) is 0.500. The SMILES string of the molecule is CCCNC(=O)C[NH+]1CCN(C(=O)c2ccc(Br)cc2)CC1. The molecular weight excluding hydrogens is 346 g/mol. The molecule has 0 aromatic heterocycles. The van der Waals surface area contributed by atoms with E-state index in [9.17, 15) is 9.59 Å². The largest absolute Gasteiger partial charge is 0.351 e. The Balaban J connectivity index is 1.80. The van der Waals surface area contributed by atoms with Crippen LogP contribution >= 0.6 is 15.9 Å². The van der Waals surface area contributed by atoms with Crippen LogP contribution in [0.1, 0.15) is 23.7 Å². The summed E-state index contributed by atoms with van der Waals surface area (Å²) in [5, 5.41) is 2.90. The van der Waals surface area contributed by atoms with Crippen molar-refractivity contribution in [2.45, 2.75) is 13.3 Å². The third-order valence-electron chi connectivity index (χ3n) is 3.83. The van der Waals surface area contributed by atoms with Gasteiger partial charge in [0.1, 0.15) is 0 Å². The van der Waals surface area contributed by atoms with Crippen molar-refractivity contribution in [1.29, 1.82) is 0 Å². The van der Waals surface area contributed by atoms with Crippen LogP contribution < -0.4 is 10.2 Å². The highest BCUT2D eigenvalue weighted by molar-refractivity contribution is 9.10. The molecule has 0 radical (unpaired) electrons. The number of carbonyl (C=O) groups is 2. The highest BCUT2D eigenvalue weighted by Crippen LogP contribution is 2.12. The van der Waals surface area contributed by atoms with Gasteiger partial charge in [0, 0.05) is 16.6 Å². The molecule has 2 amide bonds. The third kappa shape index (κ3) is 4.81. The molecule has 2 rings (SSSR count). The zero-order valence-corrected chi connectivity index (χ0v) is 14.5. The van der Waals surface area contributed by atoms with Crippen molar-refractivity contribution in [3.63, 3.8) is 0 Å². The van der Waals surface area contributed by atoms with E-state index < -0.39 is 0 Å². The van der Waals surface area contributed by atoms with Crippen molar-refractivity contribution >= 4 is 27.7 Å². The van der Waals surface area contributed by atoms with E-state index >= 15 is 0 Å². The lowest BCUT2D eigenvalue weighted by molar-refractivity contribution is -0.896. The minimum absolute atomic E-state index is 0.0713. The molecule has 1 aromatic rings. The molecule has 22 heavy (non-hydrogen) atoms. The van der Waals surface area contributed by atoms with Gasteiger partial charge >= 0.3 is 0 Å². The van der Waals surface area contributed by atoms with E-state index in [1.165, 1.54) is 4.90 Å². The van der Waals surface area contributed by atoms with Gasteiger partial charge in [0.15, 0.2) is 6.54 Å². The molecule has 5 nitrogen and oxygen atoms in total. The molecule has 2 N–H and O–H groups in total. The number of hydrogen-bond donors (Lipinski definition) is 2. The topological polar surface area (TPSA) is 53.9 Å². The number of rotatable bonds is 5. The van der Waals surface area contributed by atoms with Gasteiger partial charge < -0.3 is 15.1 Å². The van der Waals surface area contributed by atoms with Crippen LogP contribution in [-0.2, 0) is 4.79 Å². The number of piperazine rings is 1. The second-order valence-corrected chi connectivity index (χ2v) is 6.49. The van der Waals surface area contributed by atoms with Crippen LogP contribution in [0.2, 0.25) is 0 Å². The molecule has 1 aromatic carbocycles. The maximum atomic E-state index is 12.4. The second-order valence-electron chi connectivity index (χ2n) is 5.58. The van der Waals surface area contributed by atoms with E-state index in [4.69, 9.17) is 0 Å². The first kappa shape index (κ1) is 17.0. The van der Waals surface area contributed by atoms with Gasteiger partial charge in [-0.3, -0.25) is 9.59 Å². The van der Waals surface area contributed by atoms with Crippen molar-refractivity contribution in [3.8, 4) is 0 Å². The Bertz CT molecular complexity index is 511. The molecule has 1 fully saturated rings. The molecule has 1 saturated heterocycles. The number of carbonyl (C=O) groups excluding carboxylic acids is 2. The van der Waals surface area contributed by atoms with Crippen LogP contribution in [0.3, 0.4) is 0 Å². The van der Waals surface area contributed by atoms with E-state index in [0.717, 1.165) is 30.5 Å². The fourth-order valence-corrected chi connectivity index (χ4v) is 2.80. The van der Waals surface area contributed by atoms with Gasteiger partial charge in [-0.2, -0.15) is 0 Å². The summed E-state index contributed by atoms with van der Waals surface area (Å²) in [4.78, 5) is 27.2. The summed E-state index contributed by atoms with van der Waals surface area (Å²) >= 11 is 3.37. The van der Waals surface area contributed by atoms with Crippen LogP contribution in [0.15, 0.2) is 28.7 Å². The summed E-state index contributed by atoms with van der Waals surface area (Å²) in [6, 6.07) is 7.44. The van der Waals surface area contributed by atoms with Crippen molar-refractivity contribution < 1.29 is 14.5 Å². The molecule has 1 aliphatic heterocycles. The van der Waals surface area contributed by atoms with E-state index in [2.05, 4.69) is 21.2 Å².